The molecule has 0 aromatic heterocycles. The van der Waals surface area contributed by atoms with E-state index >= 15 is 0 Å². The zero-order valence-corrected chi connectivity index (χ0v) is 68.4. The van der Waals surface area contributed by atoms with Crippen LogP contribution in [0, 0.1) is 0 Å². The highest BCUT2D eigenvalue weighted by Crippen LogP contribution is 2.45. The van der Waals surface area contributed by atoms with Gasteiger partial charge in [-0.25, -0.2) is 9.13 Å². The normalized spacial score (nSPS) is 14.5. The van der Waals surface area contributed by atoms with Crippen molar-refractivity contribution >= 4 is 39.5 Å². The fourth-order valence-corrected chi connectivity index (χ4v) is 12.3. The minimum absolute atomic E-state index is 0.0431. The number of carbonyl (C=O) groups excluding carboxylic acids is 4. The van der Waals surface area contributed by atoms with Gasteiger partial charge in [0.2, 0.25) is 0 Å². The van der Waals surface area contributed by atoms with Gasteiger partial charge in [-0.15, -0.1) is 0 Å². The van der Waals surface area contributed by atoms with Gasteiger partial charge in [0, 0.05) is 25.7 Å². The Balaban J connectivity index is 5.49. The summed E-state index contributed by atoms with van der Waals surface area (Å²) in [5.74, 6) is -2.34. The van der Waals surface area contributed by atoms with Crippen LogP contribution < -0.4 is 0 Å². The molecule has 5 atom stereocenters. The molecule has 608 valence electrons. The van der Waals surface area contributed by atoms with Crippen LogP contribution in [0.5, 0.6) is 0 Å². The quantitative estimate of drug-likeness (QED) is 0.0169. The fourth-order valence-electron chi connectivity index (χ4n) is 10.7. The lowest BCUT2D eigenvalue weighted by Crippen LogP contribution is -2.30. The minimum atomic E-state index is -5.01. The number of hydrogen-bond donors (Lipinski definition) is 3. The molecule has 3 N–H and O–H groups in total. The maximum absolute atomic E-state index is 13.1. The van der Waals surface area contributed by atoms with Crippen LogP contribution in [-0.4, -0.2) is 96.7 Å². The van der Waals surface area contributed by atoms with E-state index in [1.807, 2.05) is 30.4 Å². The van der Waals surface area contributed by atoms with E-state index in [2.05, 4.69) is 131 Å². The van der Waals surface area contributed by atoms with E-state index in [1.165, 1.54) is 103 Å². The van der Waals surface area contributed by atoms with Crippen molar-refractivity contribution in [2.45, 2.75) is 354 Å². The Hall–Kier alpha value is -4.80. The highest BCUT2D eigenvalue weighted by atomic mass is 31.2. The smallest absolute Gasteiger partial charge is 0.462 e. The zero-order valence-electron chi connectivity index (χ0n) is 66.6. The second-order valence-corrected chi connectivity index (χ2v) is 30.3. The largest absolute Gasteiger partial charge is 0.472 e. The van der Waals surface area contributed by atoms with Crippen LogP contribution >= 0.6 is 15.6 Å². The van der Waals surface area contributed by atoms with E-state index in [4.69, 9.17) is 37.0 Å². The maximum atomic E-state index is 13.1. The molecule has 0 fully saturated rings. The summed E-state index contributed by atoms with van der Waals surface area (Å²) >= 11 is 0. The average Bonchev–Trinajstić information content (AvgIpc) is 0.902. The van der Waals surface area contributed by atoms with Crippen molar-refractivity contribution in [1.82, 2.24) is 0 Å². The molecule has 0 bridgehead atoms. The molecule has 0 saturated carbocycles. The number of aliphatic hydroxyl groups is 1. The molecule has 2 unspecified atom stereocenters. The number of phosphoric acid groups is 2. The summed E-state index contributed by atoms with van der Waals surface area (Å²) in [6.45, 7) is 4.66. The zero-order chi connectivity index (χ0) is 77.4. The number of esters is 4. The van der Waals surface area contributed by atoms with Gasteiger partial charge in [-0.2, -0.15) is 0 Å². The van der Waals surface area contributed by atoms with Crippen LogP contribution in [0.2, 0.25) is 0 Å². The van der Waals surface area contributed by atoms with Crippen LogP contribution in [0.1, 0.15) is 336 Å². The van der Waals surface area contributed by atoms with Gasteiger partial charge >= 0.3 is 39.5 Å². The molecular weight excluding hydrogens is 1380 g/mol. The van der Waals surface area contributed by atoms with E-state index in [-0.39, 0.29) is 25.7 Å². The van der Waals surface area contributed by atoms with Gasteiger partial charge < -0.3 is 33.8 Å². The van der Waals surface area contributed by atoms with Crippen LogP contribution in [-0.2, 0) is 65.4 Å². The fraction of sp³-hybridized carbons (Fsp3) is 0.701. The molecule has 0 aromatic rings. The SMILES string of the molecule is CCCCC/C=C\C/C=C\C/C=C\C/C=C\C/C=C\CCC(=O)O[C@H](COC(=O)CCC/C=C\C/C=C\C/C=C\C/C=C\CCCCC)COP(=O)(O)OC[C@@H](O)COP(=O)(O)OC[C@@H](COC(=O)CCCCCCCCC/C=C\CCCCCC)OC(=O)CCCCCCCCC/C=C\CCCCCC. The molecule has 0 aliphatic rings. The topological polar surface area (TPSA) is 237 Å². The molecule has 106 heavy (non-hydrogen) atoms. The third-order valence-corrected chi connectivity index (χ3v) is 19.0. The van der Waals surface area contributed by atoms with Gasteiger partial charge in [-0.05, 0) is 154 Å². The Kier molecular flexibility index (Phi) is 74.8. The summed E-state index contributed by atoms with van der Waals surface area (Å²) in [4.78, 5) is 73.1. The van der Waals surface area contributed by atoms with Gasteiger partial charge in [0.05, 0.1) is 26.4 Å². The summed E-state index contributed by atoms with van der Waals surface area (Å²) in [6.07, 6.45) is 88.7. The number of hydrogen-bond acceptors (Lipinski definition) is 15. The summed E-state index contributed by atoms with van der Waals surface area (Å²) in [7, 11) is -10.0. The van der Waals surface area contributed by atoms with Crippen molar-refractivity contribution in [1.29, 1.82) is 0 Å². The summed E-state index contributed by atoms with van der Waals surface area (Å²) in [5, 5.41) is 10.7. The predicted molar refractivity (Wildman–Crippen MR) is 436 cm³/mol. The number of phosphoric ester groups is 2. The summed E-state index contributed by atoms with van der Waals surface area (Å²) in [6, 6.07) is 0. The van der Waals surface area contributed by atoms with Gasteiger partial charge in [0.1, 0.15) is 19.3 Å². The van der Waals surface area contributed by atoms with E-state index in [0.29, 0.717) is 38.5 Å². The van der Waals surface area contributed by atoms with Crippen molar-refractivity contribution in [2.24, 2.45) is 0 Å². The summed E-state index contributed by atoms with van der Waals surface area (Å²) < 4.78 is 68.6. The highest BCUT2D eigenvalue weighted by Gasteiger charge is 2.30. The molecule has 19 heteroatoms. The molecule has 0 spiro atoms. The van der Waals surface area contributed by atoms with Gasteiger partial charge in [0.25, 0.3) is 0 Å². The predicted octanol–water partition coefficient (Wildman–Crippen LogP) is 24.4. The number of unbranched alkanes of at least 4 members (excludes halogenated alkanes) is 29. The van der Waals surface area contributed by atoms with Crippen LogP contribution in [0.4, 0.5) is 0 Å². The van der Waals surface area contributed by atoms with Gasteiger partial charge in [0.15, 0.2) is 12.2 Å². The summed E-state index contributed by atoms with van der Waals surface area (Å²) in [5.41, 5.74) is 0. The molecule has 0 aliphatic carbocycles. The first-order chi connectivity index (χ1) is 51.7. The first kappa shape index (κ1) is 101. The molecule has 0 aliphatic heterocycles. The van der Waals surface area contributed by atoms with Gasteiger partial charge in [-0.1, -0.05) is 290 Å². The van der Waals surface area contributed by atoms with E-state index in [0.717, 1.165) is 141 Å². The first-order valence-electron chi connectivity index (χ1n) is 41.4. The standard InChI is InChI=1S/C87H148O17P2/c1-5-9-13-17-21-25-29-33-37-39-40-42-46-50-54-58-62-66-70-74-87(92)104-83(78-98-85(90)72-68-64-60-56-52-48-45-41-38-34-30-26-22-18-14-10-6-2)80-102-106(95,96)100-76-81(88)75-99-105(93,94)101-79-82(103-86(91)73-69-65-61-57-53-49-44-36-32-28-24-20-16-12-8-4)77-97-84(89)71-67-63-59-55-51-47-43-35-31-27-23-19-15-11-7-3/h21-22,25-28,31-34,37-38,40,42,45,48,50,54,56,60,62,66,81-83,88H,5-20,23-24,29-30,35-36,39,41,43-44,46-47,49,51-53,55,57-59,61,63-65,67-80H2,1-4H3,(H,93,94)(H,95,96)/b25-21-,26-22-,31-27-,32-28-,37-33-,38-34-,42-40-,48-45-,54-50-,60-56-,66-62-/t81-,82+,83+/m0/s1. The first-order valence-corrected chi connectivity index (χ1v) is 44.4. The number of allylic oxidation sites excluding steroid dienone is 22. The Labute approximate surface area is 644 Å². The lowest BCUT2D eigenvalue weighted by atomic mass is 10.1. The third-order valence-electron chi connectivity index (χ3n) is 17.1. The number of ether oxygens (including phenoxy) is 4. The average molecular weight is 1530 g/mol. The van der Waals surface area contributed by atoms with Gasteiger partial charge in [-0.3, -0.25) is 37.3 Å². The monoisotopic (exact) mass is 1530 g/mol. The number of rotatable bonds is 77. The van der Waals surface area contributed by atoms with Crippen molar-refractivity contribution < 1.29 is 80.2 Å². The Morgan fingerprint density at radius 2 is 0.491 bits per heavy atom. The van der Waals surface area contributed by atoms with Crippen LogP contribution in [0.25, 0.3) is 0 Å². The van der Waals surface area contributed by atoms with E-state index in [1.54, 1.807) is 0 Å². The molecule has 0 amide bonds. The molecule has 0 aromatic carbocycles. The number of carbonyl (C=O) groups is 4. The molecule has 0 heterocycles. The molecule has 0 saturated heterocycles. The molecule has 0 rings (SSSR count). The Morgan fingerprint density at radius 3 is 0.830 bits per heavy atom. The second-order valence-electron chi connectivity index (χ2n) is 27.3. The molecule has 0 radical (unpaired) electrons. The Bertz CT molecular complexity index is 2530. The molecule has 17 nitrogen and oxygen atoms in total. The second kappa shape index (κ2) is 78.3. The van der Waals surface area contributed by atoms with Crippen LogP contribution in [0.3, 0.4) is 0 Å². The number of aliphatic hydroxyl groups excluding tert-OH is 1. The van der Waals surface area contributed by atoms with Crippen molar-refractivity contribution in [3.8, 4) is 0 Å². The lowest BCUT2D eigenvalue weighted by Gasteiger charge is -2.21. The molecular formula is C87H148O17P2. The third kappa shape index (κ3) is 77.4. The van der Waals surface area contributed by atoms with Crippen molar-refractivity contribution in [3.63, 3.8) is 0 Å². The Morgan fingerprint density at radius 1 is 0.264 bits per heavy atom. The van der Waals surface area contributed by atoms with Crippen LogP contribution in [0.15, 0.2) is 134 Å². The highest BCUT2D eigenvalue weighted by molar-refractivity contribution is 7.47. The lowest BCUT2D eigenvalue weighted by molar-refractivity contribution is -0.161. The van der Waals surface area contributed by atoms with E-state index in [9.17, 15) is 43.2 Å². The van der Waals surface area contributed by atoms with Crippen molar-refractivity contribution in [2.75, 3.05) is 39.6 Å². The van der Waals surface area contributed by atoms with E-state index < -0.39 is 97.5 Å². The van der Waals surface area contributed by atoms with Crippen molar-refractivity contribution in [3.05, 3.63) is 134 Å². The maximum Gasteiger partial charge on any atom is 0.472 e. The minimum Gasteiger partial charge on any atom is -0.462 e.